The first-order chi connectivity index (χ1) is 7.95. The minimum Gasteiger partial charge on any atom is -0.347 e. The highest BCUT2D eigenvalue weighted by Gasteiger charge is 2.46. The monoisotopic (exact) mass is 259 g/mol. The van der Waals surface area contributed by atoms with Gasteiger partial charge in [0.05, 0.1) is 36.7 Å². The van der Waals surface area contributed by atoms with E-state index in [1.807, 2.05) is 6.07 Å². The molecule has 2 aliphatic rings. The summed E-state index contributed by atoms with van der Waals surface area (Å²) in [6, 6.07) is 2.04. The van der Waals surface area contributed by atoms with Crippen LogP contribution in [0.25, 0.3) is 0 Å². The van der Waals surface area contributed by atoms with E-state index in [0.29, 0.717) is 13.0 Å². The van der Waals surface area contributed by atoms with Crippen molar-refractivity contribution in [2.24, 2.45) is 5.92 Å². The van der Waals surface area contributed by atoms with Crippen LogP contribution < -0.4 is 0 Å². The predicted molar refractivity (Wildman–Crippen MR) is 60.8 cm³/mol. The lowest BCUT2D eigenvalue weighted by atomic mass is 9.96. The van der Waals surface area contributed by atoms with Gasteiger partial charge in [0.1, 0.15) is 0 Å². The van der Waals surface area contributed by atoms with E-state index in [2.05, 4.69) is 0 Å². The van der Waals surface area contributed by atoms with Crippen molar-refractivity contribution in [1.82, 2.24) is 0 Å². The van der Waals surface area contributed by atoms with Gasteiger partial charge in [-0.15, -0.1) is 0 Å². The molecule has 5 nitrogen and oxygen atoms in total. The van der Waals surface area contributed by atoms with Crippen molar-refractivity contribution in [2.75, 3.05) is 18.1 Å². The van der Waals surface area contributed by atoms with Gasteiger partial charge in [-0.05, 0) is 19.8 Å². The Bertz CT molecular complexity index is 427. The summed E-state index contributed by atoms with van der Waals surface area (Å²) in [5.74, 6) is -0.566. The van der Waals surface area contributed by atoms with Gasteiger partial charge in [-0.3, -0.25) is 0 Å². The summed E-state index contributed by atoms with van der Waals surface area (Å²) in [5.41, 5.74) is 0. The fraction of sp³-hybridized carbons (Fsp3) is 0.909. The van der Waals surface area contributed by atoms with E-state index in [1.165, 1.54) is 0 Å². The molecule has 0 N–H and O–H groups in total. The van der Waals surface area contributed by atoms with Gasteiger partial charge < -0.3 is 9.47 Å². The molecular weight excluding hydrogens is 242 g/mol. The summed E-state index contributed by atoms with van der Waals surface area (Å²) in [7, 11) is -2.96. The molecule has 0 aromatic rings. The van der Waals surface area contributed by atoms with Crippen LogP contribution in [0.1, 0.15) is 26.2 Å². The van der Waals surface area contributed by atoms with Crippen molar-refractivity contribution in [3.8, 4) is 6.07 Å². The minimum absolute atomic E-state index is 0.120. The van der Waals surface area contributed by atoms with E-state index < -0.39 is 15.6 Å². The van der Waals surface area contributed by atoms with Gasteiger partial charge in [0.2, 0.25) is 0 Å². The van der Waals surface area contributed by atoms with Crippen molar-refractivity contribution >= 4 is 9.84 Å². The number of ether oxygens (including phenoxy) is 2. The second-order valence-corrected chi connectivity index (χ2v) is 7.11. The molecule has 0 aromatic carbocycles. The van der Waals surface area contributed by atoms with E-state index in [-0.39, 0.29) is 29.9 Å². The van der Waals surface area contributed by atoms with E-state index in [1.54, 1.807) is 6.92 Å². The topological polar surface area (TPSA) is 76.4 Å². The Morgan fingerprint density at radius 2 is 2.29 bits per heavy atom. The van der Waals surface area contributed by atoms with Crippen LogP contribution in [0.5, 0.6) is 0 Å². The number of nitriles is 1. The highest BCUT2D eigenvalue weighted by atomic mass is 32.2. The Morgan fingerprint density at radius 3 is 2.94 bits per heavy atom. The number of hydrogen-bond donors (Lipinski definition) is 0. The summed E-state index contributed by atoms with van der Waals surface area (Å²) in [6.07, 6.45) is 1.53. The first kappa shape index (κ1) is 12.8. The van der Waals surface area contributed by atoms with Crippen LogP contribution in [0.15, 0.2) is 0 Å². The molecule has 96 valence electrons. The average molecular weight is 259 g/mol. The number of nitrogens with zero attached hydrogens (tertiary/aromatic N) is 1. The summed E-state index contributed by atoms with van der Waals surface area (Å²) >= 11 is 0. The lowest BCUT2D eigenvalue weighted by Gasteiger charge is -2.34. The van der Waals surface area contributed by atoms with Crippen molar-refractivity contribution in [3.63, 3.8) is 0 Å². The van der Waals surface area contributed by atoms with Crippen LogP contribution in [0.4, 0.5) is 0 Å². The summed E-state index contributed by atoms with van der Waals surface area (Å²) in [6.45, 7) is 2.16. The molecule has 0 amide bonds. The highest BCUT2D eigenvalue weighted by Crippen LogP contribution is 2.37. The molecule has 0 radical (unpaired) electrons. The molecule has 6 heteroatoms. The van der Waals surface area contributed by atoms with E-state index in [4.69, 9.17) is 14.7 Å². The molecule has 2 heterocycles. The van der Waals surface area contributed by atoms with Crippen molar-refractivity contribution < 1.29 is 17.9 Å². The van der Waals surface area contributed by atoms with Crippen LogP contribution in [0.2, 0.25) is 0 Å². The molecule has 17 heavy (non-hydrogen) atoms. The van der Waals surface area contributed by atoms with Crippen molar-refractivity contribution in [1.29, 1.82) is 5.26 Å². The Kier molecular flexibility index (Phi) is 3.43. The SMILES string of the molecule is CC1(C2CCCS(=O)(=O)C2)OCC(CC#N)O1. The third-order valence-electron chi connectivity index (χ3n) is 3.48. The largest absolute Gasteiger partial charge is 0.347 e. The molecule has 2 rings (SSSR count). The van der Waals surface area contributed by atoms with Crippen LogP contribution in [0, 0.1) is 17.2 Å². The van der Waals surface area contributed by atoms with Gasteiger partial charge >= 0.3 is 0 Å². The second kappa shape index (κ2) is 4.56. The Hall–Kier alpha value is -0.640. The molecule has 2 aliphatic heterocycles. The summed E-state index contributed by atoms with van der Waals surface area (Å²) in [5, 5.41) is 8.61. The molecular formula is C11H17NO4S. The third-order valence-corrected chi connectivity index (χ3v) is 5.30. The van der Waals surface area contributed by atoms with E-state index >= 15 is 0 Å². The smallest absolute Gasteiger partial charge is 0.169 e. The Morgan fingerprint density at radius 1 is 1.53 bits per heavy atom. The third kappa shape index (κ3) is 2.79. The fourth-order valence-corrected chi connectivity index (χ4v) is 4.37. The van der Waals surface area contributed by atoms with E-state index in [0.717, 1.165) is 6.42 Å². The fourth-order valence-electron chi connectivity index (χ4n) is 2.51. The van der Waals surface area contributed by atoms with Gasteiger partial charge in [0, 0.05) is 5.92 Å². The molecule has 3 unspecified atom stereocenters. The van der Waals surface area contributed by atoms with Crippen molar-refractivity contribution in [2.45, 2.75) is 38.1 Å². The molecule has 0 aliphatic carbocycles. The lowest BCUT2D eigenvalue weighted by Crippen LogP contribution is -2.43. The van der Waals surface area contributed by atoms with Gasteiger partial charge in [-0.25, -0.2) is 8.42 Å². The van der Waals surface area contributed by atoms with Crippen molar-refractivity contribution in [3.05, 3.63) is 0 Å². The maximum atomic E-state index is 11.6. The molecule has 0 bridgehead atoms. The van der Waals surface area contributed by atoms with Gasteiger partial charge in [0.25, 0.3) is 0 Å². The Labute approximate surface area is 102 Å². The normalized spacial score (nSPS) is 40.9. The number of sulfone groups is 1. The predicted octanol–water partition coefficient (Wildman–Crippen LogP) is 0.856. The first-order valence-electron chi connectivity index (χ1n) is 5.84. The van der Waals surface area contributed by atoms with Crippen LogP contribution >= 0.6 is 0 Å². The van der Waals surface area contributed by atoms with Gasteiger partial charge in [0.15, 0.2) is 15.6 Å². The van der Waals surface area contributed by atoms with Gasteiger partial charge in [-0.1, -0.05) is 0 Å². The standard InChI is InChI=1S/C11H17NO4S/c1-11(15-7-10(16-11)4-5-12)9-3-2-6-17(13,14)8-9/h9-10H,2-4,6-8H2,1H3. The van der Waals surface area contributed by atoms with Crippen LogP contribution in [-0.2, 0) is 19.3 Å². The van der Waals surface area contributed by atoms with Gasteiger partial charge in [-0.2, -0.15) is 5.26 Å². The maximum Gasteiger partial charge on any atom is 0.169 e. The maximum absolute atomic E-state index is 11.6. The summed E-state index contributed by atoms with van der Waals surface area (Å²) in [4.78, 5) is 0. The molecule has 0 aromatic heterocycles. The lowest BCUT2D eigenvalue weighted by molar-refractivity contribution is -0.187. The minimum atomic E-state index is -2.96. The molecule has 2 fully saturated rings. The van der Waals surface area contributed by atoms with E-state index in [9.17, 15) is 8.42 Å². The Balaban J connectivity index is 2.05. The quantitative estimate of drug-likeness (QED) is 0.735. The molecule has 2 saturated heterocycles. The zero-order chi connectivity index (χ0) is 12.5. The zero-order valence-corrected chi connectivity index (χ0v) is 10.7. The highest BCUT2D eigenvalue weighted by molar-refractivity contribution is 7.91. The number of hydrogen-bond acceptors (Lipinski definition) is 5. The average Bonchev–Trinajstić information content (AvgIpc) is 2.61. The summed E-state index contributed by atoms with van der Waals surface area (Å²) < 4.78 is 34.5. The second-order valence-electron chi connectivity index (χ2n) is 4.88. The molecule has 0 spiro atoms. The molecule has 3 atom stereocenters. The van der Waals surface area contributed by atoms with Crippen LogP contribution in [-0.4, -0.2) is 38.4 Å². The molecule has 0 saturated carbocycles. The number of rotatable bonds is 2. The van der Waals surface area contributed by atoms with Crippen LogP contribution in [0.3, 0.4) is 0 Å². The zero-order valence-electron chi connectivity index (χ0n) is 9.89. The first-order valence-corrected chi connectivity index (χ1v) is 7.66.